The maximum Gasteiger partial charge on any atom is 0.313 e. The number of allylic oxidation sites excluding steroid dienone is 1. The zero-order chi connectivity index (χ0) is 30.9. The van der Waals surface area contributed by atoms with Gasteiger partial charge in [-0.2, -0.15) is 0 Å². The Hall–Kier alpha value is -3.17. The zero-order valence-corrected chi connectivity index (χ0v) is 26.2. The highest BCUT2D eigenvalue weighted by atomic mass is 16.6. The first kappa shape index (κ1) is 31.3. The summed E-state index contributed by atoms with van der Waals surface area (Å²) >= 11 is 0. The van der Waals surface area contributed by atoms with E-state index >= 15 is 0 Å². The van der Waals surface area contributed by atoms with Crippen LogP contribution in [0.1, 0.15) is 60.3 Å². The topological polar surface area (TPSA) is 99.6 Å². The van der Waals surface area contributed by atoms with Crippen LogP contribution in [0, 0.1) is 17.8 Å². The molecule has 9 heteroatoms. The molecule has 4 aliphatic rings. The fraction of sp³-hybridized carbons (Fsp3) is 0.618. The lowest BCUT2D eigenvalue weighted by Crippen LogP contribution is -2.60. The number of anilines is 2. The number of aliphatic hydroxyl groups excluding tert-OH is 1. The van der Waals surface area contributed by atoms with Gasteiger partial charge >= 0.3 is 5.97 Å². The minimum absolute atomic E-state index is 0.140. The van der Waals surface area contributed by atoms with Crippen molar-refractivity contribution < 1.29 is 29.0 Å². The summed E-state index contributed by atoms with van der Waals surface area (Å²) in [5, 5.41) is 10.5. The molecule has 5 rings (SSSR count). The Kier molecular flexibility index (Phi) is 9.05. The standard InChI is InChI=1S/C34H47N3O6/c1-6-33-18-11-9-10-12-21-42-32(41)28(33)27-30(39)37(26(22-38)23(4)5)29-31(40)36(20-13-19-34(27,29)43-33)25-16-14-24(15-17-25)35(7-2)8-3/h11,13-19,23,26-29,38H,6-10,12,20-22H2,1-5H3/b18-11-/t26-,27-,28-,29?,33+,34-/m0/s1. The van der Waals surface area contributed by atoms with Gasteiger partial charge < -0.3 is 29.3 Å². The SMILES string of the molecule is CCN(CC)c1ccc(N2CC=C[C@]34O[C@]5(CC)/C=C\CCCCOC(=O)[C@@H]5[C@H]3C(=O)N([C@@H](CO)C(C)C)C4C2=O)cc1. The van der Waals surface area contributed by atoms with Gasteiger partial charge in [-0.25, -0.2) is 0 Å². The Morgan fingerprint density at radius 3 is 2.33 bits per heavy atom. The Morgan fingerprint density at radius 1 is 0.977 bits per heavy atom. The number of rotatable bonds is 8. The molecule has 1 aromatic carbocycles. The summed E-state index contributed by atoms with van der Waals surface area (Å²) in [5.41, 5.74) is -0.718. The minimum Gasteiger partial charge on any atom is -0.465 e. The number of esters is 1. The van der Waals surface area contributed by atoms with Crippen LogP contribution in [-0.4, -0.2) is 83.9 Å². The molecule has 0 aromatic heterocycles. The average molecular weight is 594 g/mol. The molecule has 1 unspecified atom stereocenters. The molecular formula is C34H47N3O6. The van der Waals surface area contributed by atoms with Crippen molar-refractivity contribution in [1.29, 1.82) is 0 Å². The van der Waals surface area contributed by atoms with E-state index in [0.717, 1.165) is 38.0 Å². The molecule has 234 valence electrons. The van der Waals surface area contributed by atoms with Crippen LogP contribution >= 0.6 is 0 Å². The molecule has 2 saturated heterocycles. The summed E-state index contributed by atoms with van der Waals surface area (Å²) in [4.78, 5) is 48.7. The number of nitrogens with zero attached hydrogens (tertiary/aromatic N) is 3. The second-order valence-electron chi connectivity index (χ2n) is 12.5. The van der Waals surface area contributed by atoms with Gasteiger partial charge in [-0.15, -0.1) is 0 Å². The molecule has 0 bridgehead atoms. The first-order valence-corrected chi connectivity index (χ1v) is 16.0. The zero-order valence-electron chi connectivity index (χ0n) is 26.2. The highest BCUT2D eigenvalue weighted by Gasteiger charge is 2.76. The van der Waals surface area contributed by atoms with Gasteiger partial charge in [-0.3, -0.25) is 14.4 Å². The molecule has 4 aliphatic heterocycles. The smallest absolute Gasteiger partial charge is 0.313 e. The molecule has 1 N–H and O–H groups in total. The van der Waals surface area contributed by atoms with Gasteiger partial charge in [0.15, 0.2) is 0 Å². The average Bonchev–Trinajstić information content (AvgIpc) is 3.35. The molecule has 1 spiro atoms. The predicted molar refractivity (Wildman–Crippen MR) is 166 cm³/mol. The fourth-order valence-electron chi connectivity index (χ4n) is 7.62. The maximum atomic E-state index is 14.8. The van der Waals surface area contributed by atoms with E-state index in [1.54, 1.807) is 4.90 Å². The van der Waals surface area contributed by atoms with Gasteiger partial charge in [0.05, 0.1) is 25.2 Å². The van der Waals surface area contributed by atoms with Crippen LogP contribution in [0.2, 0.25) is 0 Å². The molecule has 6 atom stereocenters. The molecule has 0 radical (unpaired) electrons. The summed E-state index contributed by atoms with van der Waals surface area (Å²) in [6.45, 7) is 12.0. The third-order valence-corrected chi connectivity index (χ3v) is 9.92. The van der Waals surface area contributed by atoms with Crippen LogP contribution in [0.5, 0.6) is 0 Å². The quantitative estimate of drug-likeness (QED) is 0.358. The Bertz CT molecular complexity index is 1260. The van der Waals surface area contributed by atoms with E-state index in [1.165, 1.54) is 4.90 Å². The van der Waals surface area contributed by atoms with E-state index < -0.39 is 41.1 Å². The van der Waals surface area contributed by atoms with E-state index in [2.05, 4.69) is 18.7 Å². The molecule has 43 heavy (non-hydrogen) atoms. The number of ether oxygens (including phenoxy) is 2. The number of fused-ring (bicyclic) bond motifs is 2. The van der Waals surface area contributed by atoms with Gasteiger partial charge in [0.1, 0.15) is 23.2 Å². The lowest BCUT2D eigenvalue weighted by atomic mass is 9.73. The second-order valence-corrected chi connectivity index (χ2v) is 12.5. The van der Waals surface area contributed by atoms with E-state index in [4.69, 9.17) is 9.47 Å². The van der Waals surface area contributed by atoms with Gasteiger partial charge in [0.25, 0.3) is 5.91 Å². The van der Waals surface area contributed by atoms with Crippen LogP contribution in [0.15, 0.2) is 48.6 Å². The molecule has 4 heterocycles. The van der Waals surface area contributed by atoms with E-state index in [-0.39, 0.29) is 37.5 Å². The number of carbonyl (C=O) groups is 3. The number of benzene rings is 1. The molecule has 0 aliphatic carbocycles. The summed E-state index contributed by atoms with van der Waals surface area (Å²) in [5.74, 6) is -3.13. The second kappa shape index (κ2) is 12.4. The highest BCUT2D eigenvalue weighted by molar-refractivity contribution is 6.06. The van der Waals surface area contributed by atoms with Crippen molar-refractivity contribution >= 4 is 29.2 Å². The van der Waals surface area contributed by atoms with Crippen LogP contribution in [0.4, 0.5) is 11.4 Å². The molecule has 2 amide bonds. The Balaban J connectivity index is 1.64. The largest absolute Gasteiger partial charge is 0.465 e. The third kappa shape index (κ3) is 5.08. The van der Waals surface area contributed by atoms with E-state index in [1.807, 2.05) is 69.3 Å². The summed E-state index contributed by atoms with van der Waals surface area (Å²) in [7, 11) is 0. The maximum absolute atomic E-state index is 14.8. The van der Waals surface area contributed by atoms with Crippen molar-refractivity contribution in [3.8, 4) is 0 Å². The van der Waals surface area contributed by atoms with Gasteiger partial charge in [-0.1, -0.05) is 45.1 Å². The molecule has 0 saturated carbocycles. The van der Waals surface area contributed by atoms with Crippen molar-refractivity contribution in [2.24, 2.45) is 17.8 Å². The van der Waals surface area contributed by atoms with Crippen molar-refractivity contribution in [3.05, 3.63) is 48.6 Å². The van der Waals surface area contributed by atoms with Crippen molar-refractivity contribution in [2.45, 2.75) is 83.6 Å². The molecule has 1 aromatic rings. The minimum atomic E-state index is -1.40. The van der Waals surface area contributed by atoms with E-state index in [0.29, 0.717) is 12.1 Å². The Morgan fingerprint density at radius 2 is 1.70 bits per heavy atom. The number of likely N-dealkylation sites (tertiary alicyclic amines) is 1. The third-order valence-electron chi connectivity index (χ3n) is 9.92. The number of amides is 2. The summed E-state index contributed by atoms with van der Waals surface area (Å²) in [6.07, 6.45) is 10.6. The van der Waals surface area contributed by atoms with Crippen LogP contribution in [0.3, 0.4) is 0 Å². The van der Waals surface area contributed by atoms with Crippen LogP contribution < -0.4 is 9.80 Å². The molecule has 2 fully saturated rings. The Labute approximate surface area is 255 Å². The summed E-state index contributed by atoms with van der Waals surface area (Å²) in [6, 6.07) is 6.20. The monoisotopic (exact) mass is 593 g/mol. The number of aliphatic hydroxyl groups is 1. The number of hydrogen-bond donors (Lipinski definition) is 1. The van der Waals surface area contributed by atoms with Gasteiger partial charge in [-0.05, 0) is 69.7 Å². The van der Waals surface area contributed by atoms with Gasteiger partial charge in [0.2, 0.25) is 5.91 Å². The first-order valence-electron chi connectivity index (χ1n) is 16.0. The number of cyclic esters (lactones) is 1. The first-order chi connectivity index (χ1) is 20.7. The summed E-state index contributed by atoms with van der Waals surface area (Å²) < 4.78 is 12.8. The van der Waals surface area contributed by atoms with Crippen molar-refractivity contribution in [1.82, 2.24) is 4.90 Å². The van der Waals surface area contributed by atoms with Crippen molar-refractivity contribution in [2.75, 3.05) is 42.6 Å². The molecule has 9 nitrogen and oxygen atoms in total. The van der Waals surface area contributed by atoms with Crippen molar-refractivity contribution in [3.63, 3.8) is 0 Å². The van der Waals surface area contributed by atoms with Gasteiger partial charge in [0, 0.05) is 31.0 Å². The predicted octanol–water partition coefficient (Wildman–Crippen LogP) is 4.10. The van der Waals surface area contributed by atoms with Crippen LogP contribution in [0.25, 0.3) is 0 Å². The van der Waals surface area contributed by atoms with E-state index in [9.17, 15) is 19.5 Å². The normalized spacial score (nSPS) is 32.2. The lowest BCUT2D eigenvalue weighted by Gasteiger charge is -2.41. The number of carbonyl (C=O) groups excluding carboxylic acids is 3. The fourth-order valence-corrected chi connectivity index (χ4v) is 7.62. The van der Waals surface area contributed by atoms with Crippen LogP contribution in [-0.2, 0) is 23.9 Å². The highest BCUT2D eigenvalue weighted by Crippen LogP contribution is 2.58. The molecular weight excluding hydrogens is 546 g/mol. The lowest BCUT2D eigenvalue weighted by molar-refractivity contribution is -0.162. The number of hydrogen-bond acceptors (Lipinski definition) is 7.